The molecule has 2 aromatic rings. The van der Waals surface area contributed by atoms with E-state index < -0.39 is 0 Å². The summed E-state index contributed by atoms with van der Waals surface area (Å²) in [6, 6.07) is 12.7. The first-order valence-corrected chi connectivity index (χ1v) is 7.92. The number of amides is 2. The highest BCUT2D eigenvalue weighted by Crippen LogP contribution is 2.20. The maximum absolute atomic E-state index is 11.8. The molecule has 2 rings (SSSR count). The number of hydrogen-bond donors (Lipinski definition) is 2. The van der Waals surface area contributed by atoms with Crippen molar-refractivity contribution in [3.8, 4) is 5.75 Å². The number of rotatable bonds is 6. The van der Waals surface area contributed by atoms with E-state index >= 15 is 0 Å². The van der Waals surface area contributed by atoms with Crippen LogP contribution in [0.4, 0.5) is 4.79 Å². The first-order valence-electron chi connectivity index (χ1n) is 7.17. The van der Waals surface area contributed by atoms with Gasteiger partial charge in [0.2, 0.25) is 0 Å². The first kappa shape index (κ1) is 17.4. The minimum absolute atomic E-state index is 0.232. The number of carbonyl (C=O) groups is 1. The molecular weight excluding hydrogens is 335 g/mol. The van der Waals surface area contributed by atoms with Crippen LogP contribution in [-0.4, -0.2) is 19.7 Å². The zero-order valence-electron chi connectivity index (χ0n) is 12.7. The topological polar surface area (TPSA) is 50.4 Å². The van der Waals surface area contributed by atoms with Crippen LogP contribution in [0.5, 0.6) is 5.75 Å². The van der Waals surface area contributed by atoms with Crippen LogP contribution in [-0.2, 0) is 13.0 Å². The van der Waals surface area contributed by atoms with Crippen LogP contribution in [0.15, 0.2) is 42.5 Å². The van der Waals surface area contributed by atoms with Crippen LogP contribution in [0, 0.1) is 0 Å². The zero-order chi connectivity index (χ0) is 16.7. The third-order valence-corrected chi connectivity index (χ3v) is 3.90. The van der Waals surface area contributed by atoms with Crippen LogP contribution in [0.2, 0.25) is 10.0 Å². The predicted octanol–water partition coefficient (Wildman–Crippen LogP) is 4.04. The molecule has 0 unspecified atom stereocenters. The number of halogens is 2. The number of benzene rings is 2. The van der Waals surface area contributed by atoms with Crippen LogP contribution < -0.4 is 15.4 Å². The molecule has 6 heteroatoms. The molecule has 122 valence electrons. The summed E-state index contributed by atoms with van der Waals surface area (Å²) in [6.07, 6.45) is 0.749. The molecule has 0 radical (unpaired) electrons. The van der Waals surface area contributed by atoms with Crippen molar-refractivity contribution in [1.82, 2.24) is 10.6 Å². The highest BCUT2D eigenvalue weighted by Gasteiger charge is 2.04. The van der Waals surface area contributed by atoms with Crippen molar-refractivity contribution in [2.75, 3.05) is 13.7 Å². The van der Waals surface area contributed by atoms with Crippen molar-refractivity contribution in [2.24, 2.45) is 0 Å². The van der Waals surface area contributed by atoms with E-state index in [0.717, 1.165) is 23.3 Å². The predicted molar refractivity (Wildman–Crippen MR) is 93.4 cm³/mol. The highest BCUT2D eigenvalue weighted by atomic mass is 35.5. The van der Waals surface area contributed by atoms with Crippen molar-refractivity contribution in [1.29, 1.82) is 0 Å². The van der Waals surface area contributed by atoms with Gasteiger partial charge in [0, 0.05) is 23.1 Å². The molecule has 0 heterocycles. The van der Waals surface area contributed by atoms with Gasteiger partial charge in [0.05, 0.1) is 7.11 Å². The van der Waals surface area contributed by atoms with Gasteiger partial charge in [-0.1, -0.05) is 41.4 Å². The monoisotopic (exact) mass is 352 g/mol. The van der Waals surface area contributed by atoms with Gasteiger partial charge < -0.3 is 15.4 Å². The minimum atomic E-state index is -0.232. The molecule has 23 heavy (non-hydrogen) atoms. The summed E-state index contributed by atoms with van der Waals surface area (Å²) in [4.78, 5) is 11.8. The van der Waals surface area contributed by atoms with Crippen molar-refractivity contribution in [2.45, 2.75) is 13.0 Å². The number of ether oxygens (including phenoxy) is 1. The molecule has 0 bridgehead atoms. The molecular formula is C17H18Cl2N2O2. The Morgan fingerprint density at radius 2 is 1.83 bits per heavy atom. The van der Waals surface area contributed by atoms with Crippen molar-refractivity contribution in [3.63, 3.8) is 0 Å². The van der Waals surface area contributed by atoms with E-state index in [-0.39, 0.29) is 6.03 Å². The third kappa shape index (κ3) is 5.66. The number of methoxy groups -OCH3 is 1. The Morgan fingerprint density at radius 1 is 1.09 bits per heavy atom. The van der Waals surface area contributed by atoms with Gasteiger partial charge in [-0.2, -0.15) is 0 Å². The lowest BCUT2D eigenvalue weighted by Gasteiger charge is -2.09. The largest absolute Gasteiger partial charge is 0.497 e. The summed E-state index contributed by atoms with van der Waals surface area (Å²) < 4.78 is 5.10. The lowest BCUT2D eigenvalue weighted by molar-refractivity contribution is 0.240. The summed E-state index contributed by atoms with van der Waals surface area (Å²) in [5, 5.41) is 6.69. The molecule has 0 aliphatic rings. The van der Waals surface area contributed by atoms with E-state index in [1.807, 2.05) is 24.3 Å². The third-order valence-electron chi connectivity index (χ3n) is 3.31. The van der Waals surface area contributed by atoms with E-state index in [4.69, 9.17) is 27.9 Å². The number of nitrogens with one attached hydrogen (secondary N) is 2. The van der Waals surface area contributed by atoms with Crippen molar-refractivity contribution >= 4 is 29.2 Å². The fourth-order valence-corrected chi connectivity index (χ4v) is 2.49. The second-order valence-electron chi connectivity index (χ2n) is 4.94. The van der Waals surface area contributed by atoms with E-state index in [1.165, 1.54) is 0 Å². The molecule has 0 atom stereocenters. The molecule has 0 aliphatic heterocycles. The fourth-order valence-electron chi connectivity index (χ4n) is 2.02. The molecule has 0 saturated heterocycles. The smallest absolute Gasteiger partial charge is 0.315 e. The van der Waals surface area contributed by atoms with E-state index in [1.54, 1.807) is 25.3 Å². The second-order valence-corrected chi connectivity index (χ2v) is 5.79. The number of carbonyl (C=O) groups excluding carboxylic acids is 1. The first-order chi connectivity index (χ1) is 11.1. The maximum atomic E-state index is 11.8. The van der Waals surface area contributed by atoms with Gasteiger partial charge in [-0.05, 0) is 41.8 Å². The van der Waals surface area contributed by atoms with Gasteiger partial charge >= 0.3 is 6.03 Å². The Kier molecular flexibility index (Phi) is 6.56. The standard InChI is InChI=1S/C17H18Cl2N2O2/c1-23-15-6-2-12(3-7-15)8-9-20-17(22)21-11-13-4-5-14(18)10-16(13)19/h2-7,10H,8-9,11H2,1H3,(H2,20,21,22). The molecule has 2 amide bonds. The molecule has 0 aromatic heterocycles. The zero-order valence-corrected chi connectivity index (χ0v) is 14.2. The van der Waals surface area contributed by atoms with Gasteiger partial charge in [-0.3, -0.25) is 0 Å². The van der Waals surface area contributed by atoms with Crippen molar-refractivity contribution < 1.29 is 9.53 Å². The normalized spacial score (nSPS) is 10.2. The highest BCUT2D eigenvalue weighted by molar-refractivity contribution is 6.35. The number of hydrogen-bond acceptors (Lipinski definition) is 2. The summed E-state index contributed by atoms with van der Waals surface area (Å²) in [5.41, 5.74) is 1.95. The Hall–Kier alpha value is -1.91. The minimum Gasteiger partial charge on any atom is -0.497 e. The summed E-state index contributed by atoms with van der Waals surface area (Å²) in [5.74, 6) is 0.819. The number of urea groups is 1. The van der Waals surface area contributed by atoms with Crippen LogP contribution in [0.25, 0.3) is 0 Å². The Balaban J connectivity index is 1.72. The molecule has 2 aromatic carbocycles. The Morgan fingerprint density at radius 3 is 2.48 bits per heavy atom. The molecule has 0 fully saturated rings. The molecule has 0 saturated carbocycles. The average Bonchev–Trinajstić information content (AvgIpc) is 2.54. The van der Waals surface area contributed by atoms with Gasteiger partial charge in [0.1, 0.15) is 5.75 Å². The Bertz CT molecular complexity index is 660. The summed E-state index contributed by atoms with van der Waals surface area (Å²) in [7, 11) is 1.63. The fraction of sp³-hybridized carbons (Fsp3) is 0.235. The van der Waals surface area contributed by atoms with Gasteiger partial charge in [-0.25, -0.2) is 4.79 Å². The maximum Gasteiger partial charge on any atom is 0.315 e. The summed E-state index contributed by atoms with van der Waals surface area (Å²) >= 11 is 11.9. The summed E-state index contributed by atoms with van der Waals surface area (Å²) in [6.45, 7) is 0.900. The van der Waals surface area contributed by atoms with Crippen LogP contribution >= 0.6 is 23.2 Å². The molecule has 0 aliphatic carbocycles. The van der Waals surface area contributed by atoms with Gasteiger partial charge in [0.15, 0.2) is 0 Å². The van der Waals surface area contributed by atoms with Gasteiger partial charge in [-0.15, -0.1) is 0 Å². The SMILES string of the molecule is COc1ccc(CCNC(=O)NCc2ccc(Cl)cc2Cl)cc1. The molecule has 0 spiro atoms. The Labute approximate surface area is 145 Å². The quantitative estimate of drug-likeness (QED) is 0.823. The van der Waals surface area contributed by atoms with Crippen molar-refractivity contribution in [3.05, 3.63) is 63.6 Å². The lowest BCUT2D eigenvalue weighted by atomic mass is 10.1. The van der Waals surface area contributed by atoms with E-state index in [0.29, 0.717) is 23.1 Å². The molecule has 2 N–H and O–H groups in total. The van der Waals surface area contributed by atoms with Crippen LogP contribution in [0.1, 0.15) is 11.1 Å². The van der Waals surface area contributed by atoms with E-state index in [9.17, 15) is 4.79 Å². The van der Waals surface area contributed by atoms with Crippen LogP contribution in [0.3, 0.4) is 0 Å². The lowest BCUT2D eigenvalue weighted by Crippen LogP contribution is -2.36. The van der Waals surface area contributed by atoms with Gasteiger partial charge in [0.25, 0.3) is 0 Å². The second kappa shape index (κ2) is 8.65. The van der Waals surface area contributed by atoms with E-state index in [2.05, 4.69) is 10.6 Å². The molecule has 4 nitrogen and oxygen atoms in total. The average molecular weight is 353 g/mol.